The molecule has 0 aliphatic heterocycles. The molecule has 2 N–H and O–H groups in total. The maximum atomic E-state index is 12.8. The molecule has 1 aliphatic rings. The molecule has 1 aliphatic carbocycles. The minimum Gasteiger partial charge on any atom is -0.389 e. The lowest BCUT2D eigenvalue weighted by molar-refractivity contribution is 0.00465. The highest BCUT2D eigenvalue weighted by Gasteiger charge is 2.28. The molecule has 1 aromatic carbocycles. The van der Waals surface area contributed by atoms with E-state index in [1.54, 1.807) is 10.6 Å². The Labute approximate surface area is 149 Å². The molecule has 25 heavy (non-hydrogen) atoms. The van der Waals surface area contributed by atoms with Gasteiger partial charge in [-0.2, -0.15) is 0 Å². The van der Waals surface area contributed by atoms with Crippen molar-refractivity contribution in [3.05, 3.63) is 58.4 Å². The van der Waals surface area contributed by atoms with Gasteiger partial charge in [0.1, 0.15) is 0 Å². The quantitative estimate of drug-likeness (QED) is 0.794. The number of aryl methyl sites for hydroxylation is 1. The standard InChI is InChI=1S/C21H28N2O2/c1-3-11-23-19-8-7-16(2)12-17(19)13-18(20(23)24)14-22-15-21(25)9-5-4-6-10-21/h3,7-8,12-13,22,25H,1,4-6,9-11,14-15H2,2H3. The second-order valence-electron chi connectivity index (χ2n) is 7.32. The van der Waals surface area contributed by atoms with Crippen LogP contribution in [0.1, 0.15) is 43.2 Å². The van der Waals surface area contributed by atoms with Crippen LogP contribution in [0.25, 0.3) is 10.9 Å². The summed E-state index contributed by atoms with van der Waals surface area (Å²) in [6.07, 6.45) is 6.82. The number of fused-ring (bicyclic) bond motifs is 1. The molecule has 0 amide bonds. The fourth-order valence-corrected chi connectivity index (χ4v) is 3.82. The molecule has 1 fully saturated rings. The predicted octanol–water partition coefficient (Wildman–Crippen LogP) is 3.28. The van der Waals surface area contributed by atoms with Gasteiger partial charge >= 0.3 is 0 Å². The summed E-state index contributed by atoms with van der Waals surface area (Å²) < 4.78 is 1.77. The number of aromatic nitrogens is 1. The second kappa shape index (κ2) is 7.54. The first-order valence-corrected chi connectivity index (χ1v) is 9.19. The topological polar surface area (TPSA) is 54.3 Å². The van der Waals surface area contributed by atoms with E-state index >= 15 is 0 Å². The number of nitrogens with zero attached hydrogens (tertiary/aromatic N) is 1. The monoisotopic (exact) mass is 340 g/mol. The van der Waals surface area contributed by atoms with Gasteiger partial charge in [0.05, 0.1) is 11.1 Å². The lowest BCUT2D eigenvalue weighted by Gasteiger charge is -2.32. The Kier molecular flexibility index (Phi) is 5.40. The molecule has 0 atom stereocenters. The maximum Gasteiger partial charge on any atom is 0.255 e. The molecule has 2 aromatic rings. The fourth-order valence-electron chi connectivity index (χ4n) is 3.82. The molecule has 4 heteroatoms. The van der Waals surface area contributed by atoms with Crippen LogP contribution < -0.4 is 10.9 Å². The summed E-state index contributed by atoms with van der Waals surface area (Å²) in [5.41, 5.74) is 2.24. The van der Waals surface area contributed by atoms with E-state index in [0.29, 0.717) is 19.6 Å². The Morgan fingerprint density at radius 3 is 2.76 bits per heavy atom. The SMILES string of the molecule is C=CCn1c(=O)c(CNCC2(O)CCCCC2)cc2cc(C)ccc21. The van der Waals surface area contributed by atoms with Crippen molar-refractivity contribution in [1.29, 1.82) is 0 Å². The number of aliphatic hydroxyl groups is 1. The smallest absolute Gasteiger partial charge is 0.255 e. The molecule has 1 heterocycles. The Hall–Kier alpha value is -1.91. The van der Waals surface area contributed by atoms with Gasteiger partial charge in [0.15, 0.2) is 0 Å². The molecule has 0 unspecified atom stereocenters. The van der Waals surface area contributed by atoms with Crippen LogP contribution in [0.4, 0.5) is 0 Å². The summed E-state index contributed by atoms with van der Waals surface area (Å²) in [4.78, 5) is 12.8. The predicted molar refractivity (Wildman–Crippen MR) is 103 cm³/mol. The van der Waals surface area contributed by atoms with Crippen molar-refractivity contribution < 1.29 is 5.11 Å². The van der Waals surface area contributed by atoms with Gasteiger partial charge in [-0.15, -0.1) is 6.58 Å². The largest absolute Gasteiger partial charge is 0.389 e. The molecule has 0 radical (unpaired) electrons. The zero-order valence-corrected chi connectivity index (χ0v) is 15.1. The lowest BCUT2D eigenvalue weighted by Crippen LogP contribution is -2.42. The molecule has 1 aromatic heterocycles. The van der Waals surface area contributed by atoms with Crippen LogP contribution in [0.2, 0.25) is 0 Å². The molecular weight excluding hydrogens is 312 g/mol. The Bertz CT molecular complexity index is 816. The summed E-state index contributed by atoms with van der Waals surface area (Å²) in [6.45, 7) is 7.34. The number of nitrogens with one attached hydrogen (secondary N) is 1. The van der Waals surface area contributed by atoms with Gasteiger partial charge in [-0.1, -0.05) is 37.0 Å². The zero-order valence-electron chi connectivity index (χ0n) is 15.1. The molecule has 0 saturated heterocycles. The fraction of sp³-hybridized carbons (Fsp3) is 0.476. The van der Waals surface area contributed by atoms with Crippen molar-refractivity contribution in [1.82, 2.24) is 9.88 Å². The van der Waals surface area contributed by atoms with Crippen molar-refractivity contribution in [2.24, 2.45) is 0 Å². The number of hydrogen-bond donors (Lipinski definition) is 2. The summed E-state index contributed by atoms with van der Waals surface area (Å²) in [5, 5.41) is 15.0. The van der Waals surface area contributed by atoms with E-state index in [2.05, 4.69) is 24.9 Å². The number of hydrogen-bond acceptors (Lipinski definition) is 3. The van der Waals surface area contributed by atoms with Crippen LogP contribution >= 0.6 is 0 Å². The van der Waals surface area contributed by atoms with E-state index in [0.717, 1.165) is 42.1 Å². The molecule has 0 bridgehead atoms. The van der Waals surface area contributed by atoms with Gasteiger partial charge < -0.3 is 15.0 Å². The Balaban J connectivity index is 1.84. The van der Waals surface area contributed by atoms with E-state index in [9.17, 15) is 9.90 Å². The summed E-state index contributed by atoms with van der Waals surface area (Å²) in [7, 11) is 0. The molecule has 1 saturated carbocycles. The number of allylic oxidation sites excluding steroid dienone is 1. The van der Waals surface area contributed by atoms with Crippen molar-refractivity contribution in [2.45, 2.75) is 57.7 Å². The van der Waals surface area contributed by atoms with E-state index in [-0.39, 0.29) is 5.56 Å². The van der Waals surface area contributed by atoms with Crippen molar-refractivity contribution in [2.75, 3.05) is 6.54 Å². The molecule has 3 rings (SSSR count). The Morgan fingerprint density at radius 2 is 2.04 bits per heavy atom. The third kappa shape index (κ3) is 4.02. The minimum atomic E-state index is -0.619. The molecule has 134 valence electrons. The number of pyridine rings is 1. The zero-order chi connectivity index (χ0) is 17.9. The van der Waals surface area contributed by atoms with E-state index in [4.69, 9.17) is 0 Å². The first-order valence-electron chi connectivity index (χ1n) is 9.19. The number of rotatable bonds is 6. The van der Waals surface area contributed by atoms with Gasteiger partial charge in [-0.05, 0) is 43.4 Å². The summed E-state index contributed by atoms with van der Waals surface area (Å²) in [6, 6.07) is 8.10. The van der Waals surface area contributed by atoms with Crippen molar-refractivity contribution in [3.8, 4) is 0 Å². The van der Waals surface area contributed by atoms with Gasteiger partial charge in [-0.3, -0.25) is 4.79 Å². The second-order valence-corrected chi connectivity index (χ2v) is 7.32. The van der Waals surface area contributed by atoms with Crippen LogP contribution in [-0.4, -0.2) is 21.8 Å². The average molecular weight is 340 g/mol. The van der Waals surface area contributed by atoms with Gasteiger partial charge in [0.25, 0.3) is 5.56 Å². The summed E-state index contributed by atoms with van der Waals surface area (Å²) >= 11 is 0. The minimum absolute atomic E-state index is 0.0133. The van der Waals surface area contributed by atoms with E-state index < -0.39 is 5.60 Å². The Morgan fingerprint density at radius 1 is 1.28 bits per heavy atom. The van der Waals surface area contributed by atoms with Crippen molar-refractivity contribution in [3.63, 3.8) is 0 Å². The third-order valence-electron chi connectivity index (χ3n) is 5.19. The normalized spacial score (nSPS) is 16.9. The van der Waals surface area contributed by atoms with E-state index in [1.165, 1.54) is 12.0 Å². The van der Waals surface area contributed by atoms with Crippen molar-refractivity contribution >= 4 is 10.9 Å². The van der Waals surface area contributed by atoms with E-state index in [1.807, 2.05) is 18.2 Å². The molecule has 4 nitrogen and oxygen atoms in total. The van der Waals surface area contributed by atoms with Crippen LogP contribution in [0.3, 0.4) is 0 Å². The highest BCUT2D eigenvalue weighted by atomic mass is 16.3. The van der Waals surface area contributed by atoms with Crippen LogP contribution in [-0.2, 0) is 13.1 Å². The average Bonchev–Trinajstić information content (AvgIpc) is 2.59. The third-order valence-corrected chi connectivity index (χ3v) is 5.19. The van der Waals surface area contributed by atoms with Crippen LogP contribution in [0, 0.1) is 6.92 Å². The van der Waals surface area contributed by atoms with Gasteiger partial charge in [-0.25, -0.2) is 0 Å². The highest BCUT2D eigenvalue weighted by molar-refractivity contribution is 5.80. The summed E-state index contributed by atoms with van der Waals surface area (Å²) in [5.74, 6) is 0. The van der Waals surface area contributed by atoms with Crippen LogP contribution in [0.5, 0.6) is 0 Å². The maximum absolute atomic E-state index is 12.8. The molecule has 0 spiro atoms. The molecular formula is C21H28N2O2. The van der Waals surface area contributed by atoms with Gasteiger partial charge in [0, 0.05) is 25.2 Å². The first kappa shape index (κ1) is 17.9. The van der Waals surface area contributed by atoms with Gasteiger partial charge in [0.2, 0.25) is 0 Å². The van der Waals surface area contributed by atoms with Crippen LogP contribution in [0.15, 0.2) is 41.7 Å². The number of benzene rings is 1. The lowest BCUT2D eigenvalue weighted by atomic mass is 9.85. The highest BCUT2D eigenvalue weighted by Crippen LogP contribution is 2.27. The first-order chi connectivity index (χ1) is 12.0.